The number of carbonyl (C=O) groups is 2. The molecule has 0 unspecified atom stereocenters. The molecule has 3 heterocycles. The Bertz CT molecular complexity index is 1190. The van der Waals surface area contributed by atoms with Gasteiger partial charge < -0.3 is 14.5 Å². The number of benzene rings is 1. The van der Waals surface area contributed by atoms with Crippen LogP contribution in [-0.4, -0.2) is 59.5 Å². The number of pyridine rings is 1. The Morgan fingerprint density at radius 3 is 2.71 bits per heavy atom. The fraction of sp³-hybridized carbons (Fsp3) is 0.407. The third kappa shape index (κ3) is 5.07. The average molecular weight is 491 g/mol. The zero-order valence-corrected chi connectivity index (χ0v) is 20.7. The van der Waals surface area contributed by atoms with Crippen LogP contribution in [0.15, 0.2) is 54.7 Å². The molecule has 5 rings (SSSR count). The molecule has 0 saturated carbocycles. The molecule has 7 nitrogen and oxygen atoms in total. The van der Waals surface area contributed by atoms with E-state index in [4.69, 9.17) is 9.72 Å². The van der Waals surface area contributed by atoms with Gasteiger partial charge in [-0.25, -0.2) is 14.8 Å². The number of para-hydroxylation sites is 1. The van der Waals surface area contributed by atoms with Crippen molar-refractivity contribution >= 4 is 39.2 Å². The summed E-state index contributed by atoms with van der Waals surface area (Å²) in [5.41, 5.74) is 1.47. The lowest BCUT2D eigenvalue weighted by molar-refractivity contribution is -0.136. The van der Waals surface area contributed by atoms with E-state index in [1.54, 1.807) is 30.5 Å². The van der Waals surface area contributed by atoms with Crippen LogP contribution in [0.5, 0.6) is 0 Å². The summed E-state index contributed by atoms with van der Waals surface area (Å²) in [7, 11) is 0. The molecule has 8 heteroatoms. The highest BCUT2D eigenvalue weighted by Crippen LogP contribution is 2.39. The molecule has 1 aliphatic carbocycles. The number of allylic oxidation sites excluding steroid dienone is 2. The van der Waals surface area contributed by atoms with Crippen molar-refractivity contribution in [3.8, 4) is 0 Å². The molecular weight excluding hydrogens is 460 g/mol. The van der Waals surface area contributed by atoms with Crippen LogP contribution < -0.4 is 4.90 Å². The van der Waals surface area contributed by atoms with Gasteiger partial charge in [-0.2, -0.15) is 0 Å². The summed E-state index contributed by atoms with van der Waals surface area (Å²) in [5.74, 6) is 0.741. The second kappa shape index (κ2) is 10.6. The summed E-state index contributed by atoms with van der Waals surface area (Å²) in [6.45, 7) is 5.06. The number of rotatable bonds is 5. The van der Waals surface area contributed by atoms with Crippen molar-refractivity contribution in [2.75, 3.05) is 37.7 Å². The van der Waals surface area contributed by atoms with Crippen molar-refractivity contribution in [3.05, 3.63) is 65.3 Å². The molecule has 1 fully saturated rings. The van der Waals surface area contributed by atoms with Gasteiger partial charge >= 0.3 is 5.97 Å². The van der Waals surface area contributed by atoms with Gasteiger partial charge in [0.2, 0.25) is 5.91 Å². The van der Waals surface area contributed by atoms with Gasteiger partial charge in [-0.15, -0.1) is 11.3 Å². The van der Waals surface area contributed by atoms with E-state index < -0.39 is 0 Å². The molecule has 35 heavy (non-hydrogen) atoms. The lowest BCUT2D eigenvalue weighted by atomic mass is 9.82. The summed E-state index contributed by atoms with van der Waals surface area (Å²) in [4.78, 5) is 39.2. The van der Waals surface area contributed by atoms with Crippen LogP contribution in [0.4, 0.5) is 5.82 Å². The number of carbonyl (C=O) groups excluding carboxylic acids is 2. The summed E-state index contributed by atoms with van der Waals surface area (Å²) < 4.78 is 6.22. The van der Waals surface area contributed by atoms with E-state index in [1.807, 2.05) is 29.2 Å². The number of esters is 1. The van der Waals surface area contributed by atoms with Gasteiger partial charge in [0, 0.05) is 38.3 Å². The summed E-state index contributed by atoms with van der Waals surface area (Å²) >= 11 is 1.71. The number of nitrogens with zero attached hydrogens (tertiary/aromatic N) is 4. The number of aromatic nitrogens is 2. The van der Waals surface area contributed by atoms with Crippen molar-refractivity contribution in [2.45, 2.75) is 32.1 Å². The SMILES string of the molecule is CCOC(=O)c1ccc(N2CCCN(C(=O)[C@@H]3CC=CC[C@H]3c3nc4ccccc4s3)CC2)nc1. The number of hydrogen-bond acceptors (Lipinski definition) is 7. The Morgan fingerprint density at radius 1 is 1.06 bits per heavy atom. The van der Waals surface area contributed by atoms with E-state index in [0.717, 1.165) is 48.7 Å². The molecular formula is C27H30N4O3S. The minimum absolute atomic E-state index is 0.0749. The largest absolute Gasteiger partial charge is 0.462 e. The fourth-order valence-electron chi connectivity index (χ4n) is 4.92. The Kier molecular flexibility index (Phi) is 7.08. The number of thiazole rings is 1. The highest BCUT2D eigenvalue weighted by atomic mass is 32.1. The molecule has 182 valence electrons. The molecule has 0 radical (unpaired) electrons. The van der Waals surface area contributed by atoms with Crippen molar-refractivity contribution in [2.24, 2.45) is 5.92 Å². The van der Waals surface area contributed by atoms with Crippen LogP contribution in [-0.2, 0) is 9.53 Å². The van der Waals surface area contributed by atoms with Crippen molar-refractivity contribution in [3.63, 3.8) is 0 Å². The Balaban J connectivity index is 1.26. The first-order chi connectivity index (χ1) is 17.1. The van der Waals surface area contributed by atoms with Crippen LogP contribution >= 0.6 is 11.3 Å². The third-order valence-corrected chi connectivity index (χ3v) is 7.94. The minimum Gasteiger partial charge on any atom is -0.462 e. The topological polar surface area (TPSA) is 75.6 Å². The van der Waals surface area contributed by atoms with Gasteiger partial charge in [-0.1, -0.05) is 24.3 Å². The Morgan fingerprint density at radius 2 is 1.91 bits per heavy atom. The van der Waals surface area contributed by atoms with Crippen LogP contribution in [0.2, 0.25) is 0 Å². The summed E-state index contributed by atoms with van der Waals surface area (Å²) in [6, 6.07) is 11.8. The second-order valence-electron chi connectivity index (χ2n) is 8.97. The van der Waals surface area contributed by atoms with Crippen LogP contribution in [0, 0.1) is 5.92 Å². The average Bonchev–Trinajstić information content (AvgIpc) is 3.18. The molecule has 0 spiro atoms. The monoisotopic (exact) mass is 490 g/mol. The van der Waals surface area contributed by atoms with E-state index in [2.05, 4.69) is 28.1 Å². The molecule has 1 saturated heterocycles. The normalized spacial score (nSPS) is 20.6. The first-order valence-electron chi connectivity index (χ1n) is 12.3. The van der Waals surface area contributed by atoms with Crippen LogP contribution in [0.25, 0.3) is 10.2 Å². The molecule has 3 aromatic rings. The van der Waals surface area contributed by atoms with Crippen LogP contribution in [0.3, 0.4) is 0 Å². The van der Waals surface area contributed by atoms with Crippen molar-refractivity contribution < 1.29 is 14.3 Å². The summed E-state index contributed by atoms with van der Waals surface area (Å²) in [6.07, 6.45) is 8.39. The first kappa shape index (κ1) is 23.5. The zero-order chi connectivity index (χ0) is 24.2. The van der Waals surface area contributed by atoms with Crippen LogP contribution in [0.1, 0.15) is 47.5 Å². The van der Waals surface area contributed by atoms with E-state index >= 15 is 0 Å². The van der Waals surface area contributed by atoms with E-state index in [-0.39, 0.29) is 23.7 Å². The predicted octanol–water partition coefficient (Wildman–Crippen LogP) is 4.66. The molecule has 1 aliphatic heterocycles. The molecule has 0 bridgehead atoms. The molecule has 2 aromatic heterocycles. The van der Waals surface area contributed by atoms with Gasteiger partial charge in [0.1, 0.15) is 5.82 Å². The standard InChI is InChI=1S/C27H30N4O3S/c1-2-34-27(33)19-12-13-24(28-18-19)30-14-7-15-31(17-16-30)26(32)21-9-4-3-8-20(21)25-29-22-10-5-6-11-23(22)35-25/h3-6,10-13,18,20-21H,2,7-9,14-17H2,1H3/t20-,21-/m1/s1. The van der Waals surface area contributed by atoms with Gasteiger partial charge in [0.05, 0.1) is 33.3 Å². The fourth-order valence-corrected chi connectivity index (χ4v) is 6.06. The molecule has 1 aromatic carbocycles. The minimum atomic E-state index is -0.358. The Labute approximate surface area is 209 Å². The van der Waals surface area contributed by atoms with Gasteiger partial charge in [-0.05, 0) is 50.5 Å². The second-order valence-corrected chi connectivity index (χ2v) is 10.0. The highest BCUT2D eigenvalue weighted by Gasteiger charge is 2.35. The van der Waals surface area contributed by atoms with E-state index in [1.165, 1.54) is 4.70 Å². The quantitative estimate of drug-likeness (QED) is 0.383. The number of fused-ring (bicyclic) bond motifs is 1. The van der Waals surface area contributed by atoms with Gasteiger partial charge in [0.15, 0.2) is 0 Å². The van der Waals surface area contributed by atoms with E-state index in [0.29, 0.717) is 25.3 Å². The first-order valence-corrected chi connectivity index (χ1v) is 13.1. The molecule has 2 atom stereocenters. The number of amides is 1. The third-order valence-electron chi connectivity index (χ3n) is 6.77. The highest BCUT2D eigenvalue weighted by molar-refractivity contribution is 7.18. The molecule has 1 amide bonds. The maximum absolute atomic E-state index is 13.7. The predicted molar refractivity (Wildman–Crippen MR) is 138 cm³/mol. The number of anilines is 1. The van der Waals surface area contributed by atoms with Gasteiger partial charge in [0.25, 0.3) is 0 Å². The van der Waals surface area contributed by atoms with Crippen molar-refractivity contribution in [1.29, 1.82) is 0 Å². The lowest BCUT2D eigenvalue weighted by Gasteiger charge is -2.31. The maximum atomic E-state index is 13.7. The van der Waals surface area contributed by atoms with Crippen molar-refractivity contribution in [1.82, 2.24) is 14.9 Å². The Hall–Kier alpha value is -3.26. The molecule has 2 aliphatic rings. The maximum Gasteiger partial charge on any atom is 0.339 e. The lowest BCUT2D eigenvalue weighted by Crippen LogP contribution is -2.41. The molecule has 0 N–H and O–H groups in total. The zero-order valence-electron chi connectivity index (χ0n) is 19.9. The van der Waals surface area contributed by atoms with E-state index in [9.17, 15) is 9.59 Å². The van der Waals surface area contributed by atoms with Gasteiger partial charge in [-0.3, -0.25) is 4.79 Å². The smallest absolute Gasteiger partial charge is 0.339 e. The number of hydrogen-bond donors (Lipinski definition) is 0. The summed E-state index contributed by atoms with van der Waals surface area (Å²) in [5, 5.41) is 1.07. The number of ether oxygens (including phenoxy) is 1.